The van der Waals surface area contributed by atoms with Crippen LogP contribution in [0.2, 0.25) is 5.02 Å². The zero-order chi connectivity index (χ0) is 16.2. The number of benzene rings is 1. The predicted octanol–water partition coefficient (Wildman–Crippen LogP) is 2.13. The van der Waals surface area contributed by atoms with Gasteiger partial charge in [0.2, 0.25) is 10.0 Å². The maximum atomic E-state index is 12.3. The minimum Gasteiger partial charge on any atom is -0.497 e. The molecule has 0 amide bonds. The Labute approximate surface area is 129 Å². The van der Waals surface area contributed by atoms with Gasteiger partial charge in [0.15, 0.2) is 0 Å². The lowest BCUT2D eigenvalue weighted by atomic mass is 10.0. The summed E-state index contributed by atoms with van der Waals surface area (Å²) in [5.41, 5.74) is 0. The first-order valence-electron chi connectivity index (χ1n) is 6.31. The van der Waals surface area contributed by atoms with Crippen LogP contribution < -0.4 is 9.46 Å². The van der Waals surface area contributed by atoms with Crippen molar-refractivity contribution in [3.05, 3.63) is 23.2 Å². The number of carboxylic acid groups (broad SMARTS) is 1. The molecule has 8 heteroatoms. The van der Waals surface area contributed by atoms with E-state index in [0.29, 0.717) is 12.2 Å². The van der Waals surface area contributed by atoms with Crippen molar-refractivity contribution in [3.63, 3.8) is 0 Å². The van der Waals surface area contributed by atoms with Crippen LogP contribution in [0.25, 0.3) is 0 Å². The van der Waals surface area contributed by atoms with E-state index in [1.165, 1.54) is 25.3 Å². The van der Waals surface area contributed by atoms with Crippen molar-refractivity contribution in [2.75, 3.05) is 7.11 Å². The van der Waals surface area contributed by atoms with E-state index in [1.807, 2.05) is 0 Å². The van der Waals surface area contributed by atoms with Crippen LogP contribution in [0.4, 0.5) is 0 Å². The van der Waals surface area contributed by atoms with Crippen molar-refractivity contribution >= 4 is 27.6 Å². The topological polar surface area (TPSA) is 92.7 Å². The molecule has 0 heterocycles. The first-order valence-corrected chi connectivity index (χ1v) is 8.17. The third kappa shape index (κ3) is 4.33. The number of hydrogen-bond donors (Lipinski definition) is 2. The quantitative estimate of drug-likeness (QED) is 0.796. The van der Waals surface area contributed by atoms with Crippen LogP contribution in [-0.4, -0.2) is 32.6 Å². The molecular formula is C13H18ClNO5S. The lowest BCUT2D eigenvalue weighted by Gasteiger charge is -2.20. The second-order valence-electron chi connectivity index (χ2n) is 4.62. The summed E-state index contributed by atoms with van der Waals surface area (Å²) in [6.07, 6.45) is 0.519. The van der Waals surface area contributed by atoms with Crippen LogP contribution in [0.5, 0.6) is 5.75 Å². The van der Waals surface area contributed by atoms with Gasteiger partial charge >= 0.3 is 5.97 Å². The second-order valence-corrected chi connectivity index (χ2v) is 6.71. The van der Waals surface area contributed by atoms with Gasteiger partial charge in [-0.05, 0) is 18.1 Å². The molecule has 0 fully saturated rings. The largest absolute Gasteiger partial charge is 0.497 e. The van der Waals surface area contributed by atoms with Gasteiger partial charge < -0.3 is 9.84 Å². The highest BCUT2D eigenvalue weighted by Crippen LogP contribution is 2.26. The maximum absolute atomic E-state index is 12.3. The molecule has 1 aromatic carbocycles. The fourth-order valence-corrected chi connectivity index (χ4v) is 3.51. The summed E-state index contributed by atoms with van der Waals surface area (Å²) in [5, 5.41) is 9.17. The SMILES string of the molecule is CCC(C)C(NS(=O)(=O)c1cc(OC)ccc1Cl)C(=O)O. The second kappa shape index (κ2) is 7.11. The molecule has 1 aromatic rings. The van der Waals surface area contributed by atoms with Crippen molar-refractivity contribution in [1.29, 1.82) is 0 Å². The number of carbonyl (C=O) groups is 1. The Kier molecular flexibility index (Phi) is 6.00. The summed E-state index contributed by atoms with van der Waals surface area (Å²) in [7, 11) is -2.67. The number of carboxylic acids is 1. The van der Waals surface area contributed by atoms with E-state index in [1.54, 1.807) is 13.8 Å². The van der Waals surface area contributed by atoms with Crippen LogP contribution in [0, 0.1) is 5.92 Å². The molecule has 0 aromatic heterocycles. The van der Waals surface area contributed by atoms with Crippen molar-refractivity contribution < 1.29 is 23.1 Å². The van der Waals surface area contributed by atoms with Gasteiger partial charge in [0.25, 0.3) is 0 Å². The Hall–Kier alpha value is -1.31. The van der Waals surface area contributed by atoms with Gasteiger partial charge in [0.05, 0.1) is 12.1 Å². The van der Waals surface area contributed by atoms with Gasteiger partial charge in [-0.3, -0.25) is 4.79 Å². The first kappa shape index (κ1) is 17.7. The van der Waals surface area contributed by atoms with Crippen LogP contribution in [0.1, 0.15) is 20.3 Å². The van der Waals surface area contributed by atoms with E-state index >= 15 is 0 Å². The summed E-state index contributed by atoms with van der Waals surface area (Å²) < 4.78 is 31.8. The fraction of sp³-hybridized carbons (Fsp3) is 0.462. The van der Waals surface area contributed by atoms with Gasteiger partial charge in [0.1, 0.15) is 16.7 Å². The minimum atomic E-state index is -4.07. The molecule has 0 spiro atoms. The van der Waals surface area contributed by atoms with Crippen LogP contribution in [0.15, 0.2) is 23.1 Å². The van der Waals surface area contributed by atoms with Crippen LogP contribution in [0.3, 0.4) is 0 Å². The molecule has 6 nitrogen and oxygen atoms in total. The van der Waals surface area contributed by atoms with Crippen molar-refractivity contribution in [2.24, 2.45) is 5.92 Å². The monoisotopic (exact) mass is 335 g/mol. The number of aliphatic carboxylic acids is 1. The molecular weight excluding hydrogens is 318 g/mol. The van der Waals surface area contributed by atoms with Gasteiger partial charge in [0, 0.05) is 6.07 Å². The Morgan fingerprint density at radius 3 is 2.57 bits per heavy atom. The molecule has 0 radical (unpaired) electrons. The maximum Gasteiger partial charge on any atom is 0.322 e. The number of halogens is 1. The first-order chi connectivity index (χ1) is 9.72. The Morgan fingerprint density at radius 2 is 2.10 bits per heavy atom. The highest BCUT2D eigenvalue weighted by molar-refractivity contribution is 7.89. The summed E-state index contributed by atoms with van der Waals surface area (Å²) in [5.74, 6) is -1.27. The number of rotatable bonds is 7. The van der Waals surface area contributed by atoms with Gasteiger partial charge in [-0.2, -0.15) is 4.72 Å². The highest BCUT2D eigenvalue weighted by atomic mass is 35.5. The normalized spacial score (nSPS) is 14.5. The number of ether oxygens (including phenoxy) is 1. The fourth-order valence-electron chi connectivity index (χ4n) is 1.69. The van der Waals surface area contributed by atoms with E-state index in [9.17, 15) is 18.3 Å². The average Bonchev–Trinajstić information content (AvgIpc) is 2.44. The molecule has 2 N–H and O–H groups in total. The van der Waals surface area contributed by atoms with Crippen LogP contribution >= 0.6 is 11.6 Å². The molecule has 0 saturated carbocycles. The number of methoxy groups -OCH3 is 1. The van der Waals surface area contributed by atoms with Crippen LogP contribution in [-0.2, 0) is 14.8 Å². The summed E-state index contributed by atoms with van der Waals surface area (Å²) in [4.78, 5) is 11.0. The van der Waals surface area contributed by atoms with Gasteiger partial charge in [-0.15, -0.1) is 0 Å². The molecule has 21 heavy (non-hydrogen) atoms. The average molecular weight is 336 g/mol. The van der Waals surface area contributed by atoms with Crippen molar-refractivity contribution in [2.45, 2.75) is 31.2 Å². The zero-order valence-electron chi connectivity index (χ0n) is 12.0. The van der Waals surface area contributed by atoms with E-state index in [-0.39, 0.29) is 15.8 Å². The van der Waals surface area contributed by atoms with E-state index in [4.69, 9.17) is 16.3 Å². The smallest absolute Gasteiger partial charge is 0.322 e. The van der Waals surface area contributed by atoms with Crippen molar-refractivity contribution in [1.82, 2.24) is 4.72 Å². The van der Waals surface area contributed by atoms with Gasteiger partial charge in [-0.1, -0.05) is 31.9 Å². The van der Waals surface area contributed by atoms with Gasteiger partial charge in [-0.25, -0.2) is 8.42 Å². The summed E-state index contributed by atoms with van der Waals surface area (Å²) in [6.45, 7) is 3.45. The standard InChI is InChI=1S/C13H18ClNO5S/c1-4-8(2)12(13(16)17)15-21(18,19)11-7-9(20-3)5-6-10(11)14/h5-8,12,15H,4H2,1-3H3,(H,16,17). The Morgan fingerprint density at radius 1 is 1.48 bits per heavy atom. The summed E-state index contributed by atoms with van der Waals surface area (Å²) in [6, 6.07) is 2.93. The molecule has 0 aliphatic heterocycles. The predicted molar refractivity (Wildman–Crippen MR) is 79.2 cm³/mol. The third-order valence-corrected chi connectivity index (χ3v) is 5.11. The highest BCUT2D eigenvalue weighted by Gasteiger charge is 2.30. The summed E-state index contributed by atoms with van der Waals surface area (Å²) >= 11 is 5.89. The molecule has 0 bridgehead atoms. The van der Waals surface area contributed by atoms with E-state index < -0.39 is 22.0 Å². The molecule has 0 aliphatic carbocycles. The lowest BCUT2D eigenvalue weighted by Crippen LogP contribution is -2.44. The van der Waals surface area contributed by atoms with E-state index in [2.05, 4.69) is 4.72 Å². The molecule has 1 rings (SSSR count). The number of nitrogens with one attached hydrogen (secondary N) is 1. The number of sulfonamides is 1. The third-order valence-electron chi connectivity index (χ3n) is 3.19. The molecule has 118 valence electrons. The molecule has 0 aliphatic rings. The molecule has 2 atom stereocenters. The minimum absolute atomic E-state index is 0.00316. The Balaban J connectivity index is 3.19. The molecule has 0 saturated heterocycles. The lowest BCUT2D eigenvalue weighted by molar-refractivity contribution is -0.140. The zero-order valence-corrected chi connectivity index (χ0v) is 13.5. The number of hydrogen-bond acceptors (Lipinski definition) is 4. The Bertz CT molecular complexity index is 617. The van der Waals surface area contributed by atoms with Crippen molar-refractivity contribution in [3.8, 4) is 5.75 Å². The van der Waals surface area contributed by atoms with E-state index in [0.717, 1.165) is 0 Å². The molecule has 2 unspecified atom stereocenters.